The molecule has 0 saturated carbocycles. The van der Waals surface area contributed by atoms with Crippen LogP contribution in [0.2, 0.25) is 10.0 Å². The summed E-state index contributed by atoms with van der Waals surface area (Å²) >= 11 is 12.5. The molecule has 22 heavy (non-hydrogen) atoms. The van der Waals surface area contributed by atoms with Gasteiger partial charge in [-0.05, 0) is 81.9 Å². The Bertz CT molecular complexity index is 484. The van der Waals surface area contributed by atoms with Crippen molar-refractivity contribution >= 4 is 23.2 Å². The topological polar surface area (TPSA) is 15.3 Å². The molecule has 1 aromatic rings. The van der Waals surface area contributed by atoms with E-state index in [0.717, 1.165) is 29.1 Å². The fourth-order valence-electron chi connectivity index (χ4n) is 4.01. The molecule has 3 rings (SSSR count). The second kappa shape index (κ2) is 8.01. The normalized spacial score (nSPS) is 27.5. The SMILES string of the molecule is Clc1ccc(Cl)c(CC2CCCCN2C2CCCNCC2)c1. The van der Waals surface area contributed by atoms with Gasteiger partial charge in [-0.15, -0.1) is 0 Å². The maximum Gasteiger partial charge on any atom is 0.0439 e. The van der Waals surface area contributed by atoms with Crippen LogP contribution in [0.1, 0.15) is 44.1 Å². The van der Waals surface area contributed by atoms with Crippen LogP contribution in [-0.2, 0) is 6.42 Å². The van der Waals surface area contributed by atoms with Gasteiger partial charge in [-0.25, -0.2) is 0 Å². The molecular weight excluding hydrogens is 315 g/mol. The highest BCUT2D eigenvalue weighted by Crippen LogP contribution is 2.29. The van der Waals surface area contributed by atoms with Gasteiger partial charge in [0, 0.05) is 22.1 Å². The van der Waals surface area contributed by atoms with Crippen LogP contribution in [0.15, 0.2) is 18.2 Å². The van der Waals surface area contributed by atoms with E-state index in [9.17, 15) is 0 Å². The molecule has 0 spiro atoms. The largest absolute Gasteiger partial charge is 0.317 e. The molecule has 0 aliphatic carbocycles. The maximum absolute atomic E-state index is 6.39. The van der Waals surface area contributed by atoms with Crippen molar-refractivity contribution in [2.24, 2.45) is 0 Å². The minimum atomic E-state index is 0.618. The van der Waals surface area contributed by atoms with E-state index in [4.69, 9.17) is 23.2 Å². The van der Waals surface area contributed by atoms with E-state index in [0.29, 0.717) is 6.04 Å². The highest BCUT2D eigenvalue weighted by atomic mass is 35.5. The molecule has 0 aromatic heterocycles. The Morgan fingerprint density at radius 3 is 2.86 bits per heavy atom. The average Bonchev–Trinajstić information content (AvgIpc) is 2.81. The summed E-state index contributed by atoms with van der Waals surface area (Å²) in [7, 11) is 0. The van der Waals surface area contributed by atoms with Crippen molar-refractivity contribution in [1.29, 1.82) is 0 Å². The molecule has 2 nitrogen and oxygen atoms in total. The van der Waals surface area contributed by atoms with Gasteiger partial charge in [-0.2, -0.15) is 0 Å². The number of halogens is 2. The standard InChI is InChI=1S/C18H26Cl2N2/c19-15-6-7-18(20)14(12-15)13-17-4-1-2-11-22(17)16-5-3-9-21-10-8-16/h6-7,12,16-17,21H,1-5,8-11,13H2. The summed E-state index contributed by atoms with van der Waals surface area (Å²) < 4.78 is 0. The first-order valence-electron chi connectivity index (χ1n) is 8.64. The summed E-state index contributed by atoms with van der Waals surface area (Å²) in [6.45, 7) is 3.58. The van der Waals surface area contributed by atoms with E-state index in [1.807, 2.05) is 18.2 Å². The predicted octanol–water partition coefficient (Wildman–Crippen LogP) is 4.53. The lowest BCUT2D eigenvalue weighted by atomic mass is 9.92. The van der Waals surface area contributed by atoms with Crippen LogP contribution >= 0.6 is 23.2 Å². The zero-order chi connectivity index (χ0) is 15.4. The first-order valence-corrected chi connectivity index (χ1v) is 9.40. The van der Waals surface area contributed by atoms with Gasteiger partial charge >= 0.3 is 0 Å². The second-order valence-corrected chi connectivity index (χ2v) is 7.51. The number of rotatable bonds is 3. The van der Waals surface area contributed by atoms with Crippen LogP contribution in [0.5, 0.6) is 0 Å². The van der Waals surface area contributed by atoms with E-state index in [1.54, 1.807) is 0 Å². The van der Waals surface area contributed by atoms with E-state index in [2.05, 4.69) is 10.2 Å². The van der Waals surface area contributed by atoms with Crippen LogP contribution in [0.25, 0.3) is 0 Å². The monoisotopic (exact) mass is 340 g/mol. The molecule has 4 heteroatoms. The quantitative estimate of drug-likeness (QED) is 0.869. The Morgan fingerprint density at radius 1 is 1.05 bits per heavy atom. The molecule has 2 unspecified atom stereocenters. The highest BCUT2D eigenvalue weighted by Gasteiger charge is 2.29. The molecule has 122 valence electrons. The van der Waals surface area contributed by atoms with Gasteiger partial charge in [0.25, 0.3) is 0 Å². The van der Waals surface area contributed by atoms with E-state index >= 15 is 0 Å². The van der Waals surface area contributed by atoms with Crippen molar-refractivity contribution < 1.29 is 0 Å². The second-order valence-electron chi connectivity index (χ2n) is 6.66. The van der Waals surface area contributed by atoms with Gasteiger partial charge in [-0.1, -0.05) is 29.6 Å². The summed E-state index contributed by atoms with van der Waals surface area (Å²) in [4.78, 5) is 2.77. The molecule has 2 atom stereocenters. The lowest BCUT2D eigenvalue weighted by molar-refractivity contribution is 0.0868. The smallest absolute Gasteiger partial charge is 0.0439 e. The Balaban J connectivity index is 1.73. The number of hydrogen-bond donors (Lipinski definition) is 1. The molecular formula is C18H26Cl2N2. The molecule has 2 saturated heterocycles. The minimum absolute atomic E-state index is 0.618. The number of nitrogens with zero attached hydrogens (tertiary/aromatic N) is 1. The predicted molar refractivity (Wildman–Crippen MR) is 95.0 cm³/mol. The number of nitrogens with one attached hydrogen (secondary N) is 1. The number of piperidine rings is 1. The lowest BCUT2D eigenvalue weighted by Gasteiger charge is -2.41. The third-order valence-electron chi connectivity index (χ3n) is 5.15. The summed E-state index contributed by atoms with van der Waals surface area (Å²) in [6, 6.07) is 7.21. The molecule has 2 heterocycles. The van der Waals surface area contributed by atoms with Crippen molar-refractivity contribution in [3.63, 3.8) is 0 Å². The zero-order valence-corrected chi connectivity index (χ0v) is 14.7. The Labute approximate surface area is 144 Å². The average molecular weight is 341 g/mol. The first-order chi connectivity index (χ1) is 10.7. The molecule has 0 bridgehead atoms. The van der Waals surface area contributed by atoms with E-state index in [-0.39, 0.29) is 0 Å². The van der Waals surface area contributed by atoms with Gasteiger partial charge in [0.05, 0.1) is 0 Å². The van der Waals surface area contributed by atoms with Gasteiger partial charge in [0.2, 0.25) is 0 Å². The fourth-order valence-corrected chi connectivity index (χ4v) is 4.40. The lowest BCUT2D eigenvalue weighted by Crippen LogP contribution is -2.47. The summed E-state index contributed by atoms with van der Waals surface area (Å²) in [5, 5.41) is 5.18. The van der Waals surface area contributed by atoms with Crippen LogP contribution < -0.4 is 5.32 Å². The Kier molecular flexibility index (Phi) is 6.03. The van der Waals surface area contributed by atoms with Crippen LogP contribution in [0.3, 0.4) is 0 Å². The molecule has 1 N–H and O–H groups in total. The third-order valence-corrected chi connectivity index (χ3v) is 5.75. The van der Waals surface area contributed by atoms with Gasteiger partial charge in [-0.3, -0.25) is 4.90 Å². The third kappa shape index (κ3) is 4.17. The van der Waals surface area contributed by atoms with Crippen LogP contribution in [0, 0.1) is 0 Å². The molecule has 0 radical (unpaired) electrons. The van der Waals surface area contributed by atoms with Crippen molar-refractivity contribution in [3.05, 3.63) is 33.8 Å². The van der Waals surface area contributed by atoms with E-state index in [1.165, 1.54) is 57.2 Å². The van der Waals surface area contributed by atoms with Crippen LogP contribution in [0.4, 0.5) is 0 Å². The van der Waals surface area contributed by atoms with E-state index < -0.39 is 0 Å². The van der Waals surface area contributed by atoms with Gasteiger partial charge in [0.15, 0.2) is 0 Å². The molecule has 2 aliphatic rings. The van der Waals surface area contributed by atoms with Crippen molar-refractivity contribution in [2.45, 2.75) is 57.0 Å². The number of hydrogen-bond acceptors (Lipinski definition) is 2. The van der Waals surface area contributed by atoms with Crippen molar-refractivity contribution in [3.8, 4) is 0 Å². The molecule has 0 amide bonds. The minimum Gasteiger partial charge on any atom is -0.317 e. The molecule has 1 aromatic carbocycles. The molecule has 2 aliphatic heterocycles. The van der Waals surface area contributed by atoms with Crippen molar-refractivity contribution in [1.82, 2.24) is 10.2 Å². The highest BCUT2D eigenvalue weighted by molar-refractivity contribution is 6.33. The maximum atomic E-state index is 6.39. The molecule has 2 fully saturated rings. The summed E-state index contributed by atoms with van der Waals surface area (Å²) in [5.41, 5.74) is 1.21. The number of benzene rings is 1. The van der Waals surface area contributed by atoms with Gasteiger partial charge < -0.3 is 5.32 Å². The fraction of sp³-hybridized carbons (Fsp3) is 0.667. The summed E-state index contributed by atoms with van der Waals surface area (Å²) in [6.07, 6.45) is 8.89. The van der Waals surface area contributed by atoms with Gasteiger partial charge in [0.1, 0.15) is 0 Å². The summed E-state index contributed by atoms with van der Waals surface area (Å²) in [5.74, 6) is 0. The first kappa shape index (κ1) is 16.6. The van der Waals surface area contributed by atoms with Crippen molar-refractivity contribution in [2.75, 3.05) is 19.6 Å². The Hall–Kier alpha value is -0.280. The van der Waals surface area contributed by atoms with Crippen LogP contribution in [-0.4, -0.2) is 36.6 Å². The number of likely N-dealkylation sites (tertiary alicyclic amines) is 1. The Morgan fingerprint density at radius 2 is 1.95 bits per heavy atom. The zero-order valence-electron chi connectivity index (χ0n) is 13.2.